The van der Waals surface area contributed by atoms with Crippen molar-refractivity contribution in [2.24, 2.45) is 17.8 Å². The van der Waals surface area contributed by atoms with Gasteiger partial charge in [0.2, 0.25) is 0 Å². The monoisotopic (exact) mass is 594 g/mol. The average Bonchev–Trinajstić information content (AvgIpc) is 3.43. The van der Waals surface area contributed by atoms with E-state index in [1.807, 2.05) is 11.6 Å². The number of nitrogens with zero attached hydrogens (tertiary/aromatic N) is 1. The van der Waals surface area contributed by atoms with Crippen LogP contribution in [0.1, 0.15) is 59.1 Å². The van der Waals surface area contributed by atoms with Crippen LogP contribution in [-0.4, -0.2) is 10.5 Å². The summed E-state index contributed by atoms with van der Waals surface area (Å²) in [5.74, 6) is 1.21. The van der Waals surface area contributed by atoms with E-state index in [1.165, 1.54) is 41.8 Å². The third-order valence-corrected chi connectivity index (χ3v) is 10.1. The number of hydrogen-bond donors (Lipinski definition) is 1. The van der Waals surface area contributed by atoms with Gasteiger partial charge in [-0.15, -0.1) is 17.9 Å². The zero-order valence-corrected chi connectivity index (χ0v) is 24.5. The second-order valence-electron chi connectivity index (χ2n) is 11.1. The molecular formula is C31H35IN2S. The number of nitrogens with one attached hydrogen (secondary N) is 1. The first-order valence-corrected chi connectivity index (χ1v) is 14.5. The fourth-order valence-corrected chi connectivity index (χ4v) is 8.57. The first-order valence-electron chi connectivity index (χ1n) is 12.5. The van der Waals surface area contributed by atoms with Gasteiger partial charge >= 0.3 is 0 Å². The van der Waals surface area contributed by atoms with E-state index in [9.17, 15) is 0 Å². The lowest BCUT2D eigenvalue weighted by Gasteiger charge is -2.34. The normalized spacial score (nSPS) is 26.7. The maximum Gasteiger partial charge on any atom is 0.0818 e. The lowest BCUT2D eigenvalue weighted by Crippen LogP contribution is -2.41. The third kappa shape index (κ3) is 3.92. The average molecular weight is 595 g/mol. The first kappa shape index (κ1) is 24.8. The van der Waals surface area contributed by atoms with Crippen LogP contribution in [0.4, 0.5) is 0 Å². The number of halogens is 1. The largest absolute Gasteiger partial charge is 0.371 e. The van der Waals surface area contributed by atoms with Crippen LogP contribution in [0, 0.1) is 17.8 Å². The Bertz CT molecular complexity index is 1370. The van der Waals surface area contributed by atoms with E-state index in [1.54, 1.807) is 11.3 Å². The Morgan fingerprint density at radius 1 is 1.26 bits per heavy atom. The molecule has 4 heteroatoms. The Labute approximate surface area is 227 Å². The Morgan fingerprint density at radius 3 is 2.77 bits per heavy atom. The summed E-state index contributed by atoms with van der Waals surface area (Å²) in [5, 5.41) is 3.77. The van der Waals surface area contributed by atoms with Gasteiger partial charge in [0.25, 0.3) is 0 Å². The molecule has 3 aliphatic rings. The van der Waals surface area contributed by atoms with Crippen LogP contribution in [0.3, 0.4) is 0 Å². The maximum absolute atomic E-state index is 4.55. The summed E-state index contributed by atoms with van der Waals surface area (Å²) in [4.78, 5) is 4.55. The number of fused-ring (bicyclic) bond motifs is 4. The molecule has 0 amide bonds. The van der Waals surface area contributed by atoms with Gasteiger partial charge in [-0.2, -0.15) is 0 Å². The molecule has 2 nitrogen and oxygen atoms in total. The number of hydrogen-bond acceptors (Lipinski definition) is 3. The van der Waals surface area contributed by atoms with Gasteiger partial charge in [0.15, 0.2) is 0 Å². The van der Waals surface area contributed by atoms with Crippen LogP contribution in [0.25, 0.3) is 15.8 Å². The second-order valence-corrected chi connectivity index (χ2v) is 13.0. The summed E-state index contributed by atoms with van der Waals surface area (Å²) in [5.41, 5.74) is 11.6. The van der Waals surface area contributed by atoms with Crippen LogP contribution in [0.5, 0.6) is 0 Å². The molecule has 1 aromatic heterocycles. The van der Waals surface area contributed by atoms with Crippen molar-refractivity contribution in [1.29, 1.82) is 0 Å². The van der Waals surface area contributed by atoms with Crippen LogP contribution < -0.4 is 5.32 Å². The molecule has 0 saturated carbocycles. The molecule has 35 heavy (non-hydrogen) atoms. The molecule has 1 aromatic carbocycles. The van der Waals surface area contributed by atoms with E-state index in [0.29, 0.717) is 17.8 Å². The Kier molecular flexibility index (Phi) is 6.28. The van der Waals surface area contributed by atoms with Gasteiger partial charge in [-0.25, -0.2) is 4.98 Å². The van der Waals surface area contributed by atoms with Crippen molar-refractivity contribution in [3.63, 3.8) is 0 Å². The second kappa shape index (κ2) is 8.88. The molecule has 5 rings (SSSR count). The summed E-state index contributed by atoms with van der Waals surface area (Å²) in [6.45, 7) is 17.9. The zero-order chi connectivity index (χ0) is 25.1. The van der Waals surface area contributed by atoms with Crippen molar-refractivity contribution < 1.29 is 0 Å². The summed E-state index contributed by atoms with van der Waals surface area (Å²) in [7, 11) is 0. The molecule has 1 aliphatic heterocycles. The Morgan fingerprint density at radius 2 is 2.03 bits per heavy atom. The lowest BCUT2D eigenvalue weighted by molar-refractivity contribution is 0.425. The number of thiazole rings is 1. The van der Waals surface area contributed by atoms with E-state index in [-0.39, 0.29) is 11.0 Å². The van der Waals surface area contributed by atoms with Crippen LogP contribution in [-0.2, 0) is 5.41 Å². The molecule has 0 saturated heterocycles. The van der Waals surface area contributed by atoms with Crippen LogP contribution in [0.15, 0.2) is 81.1 Å². The van der Waals surface area contributed by atoms with Crippen molar-refractivity contribution in [1.82, 2.24) is 10.3 Å². The highest BCUT2D eigenvalue weighted by molar-refractivity contribution is 14.1. The van der Waals surface area contributed by atoms with Gasteiger partial charge in [0.1, 0.15) is 0 Å². The van der Waals surface area contributed by atoms with E-state index < -0.39 is 0 Å². The minimum Gasteiger partial charge on any atom is -0.371 e. The van der Waals surface area contributed by atoms with Crippen molar-refractivity contribution in [2.75, 3.05) is 0 Å². The Hall–Kier alpha value is -1.92. The highest BCUT2D eigenvalue weighted by Crippen LogP contribution is 2.50. The SMILES string of the molecule is C=CCC(C)C1=C(I)NC2(C)C=CC(C(C)/C=C\C3=C(C)c4c(ccc5ncsc45)C3(C)C)=C[C@@H]12. The predicted octanol–water partition coefficient (Wildman–Crippen LogP) is 8.89. The van der Waals surface area contributed by atoms with Gasteiger partial charge in [0, 0.05) is 16.9 Å². The van der Waals surface area contributed by atoms with Gasteiger partial charge in [-0.1, -0.05) is 70.2 Å². The Balaban J connectivity index is 1.46. The molecule has 1 N–H and O–H groups in total. The number of rotatable bonds is 6. The zero-order valence-electron chi connectivity index (χ0n) is 21.6. The molecule has 0 spiro atoms. The molecule has 0 radical (unpaired) electrons. The van der Waals surface area contributed by atoms with E-state index in [2.05, 4.69) is 124 Å². The van der Waals surface area contributed by atoms with Gasteiger partial charge in [-0.3, -0.25) is 0 Å². The fraction of sp³-hybridized carbons (Fsp3) is 0.387. The summed E-state index contributed by atoms with van der Waals surface area (Å²) >= 11 is 4.25. The quantitative estimate of drug-likeness (QED) is 0.205. The maximum atomic E-state index is 4.55. The molecule has 0 fully saturated rings. The summed E-state index contributed by atoms with van der Waals surface area (Å²) in [6, 6.07) is 4.46. The van der Waals surface area contributed by atoms with Crippen molar-refractivity contribution in [2.45, 2.75) is 58.9 Å². The van der Waals surface area contributed by atoms with Crippen molar-refractivity contribution >= 4 is 49.7 Å². The standard InChI is InChI=1S/C31H35IN2S/c1-8-9-19(3)26-24-16-21(14-15-31(24,7)34-29(26)32)18(2)10-11-22-20(4)27-23(30(22,5)6)12-13-25-28(27)35-17-33-25/h8,10-19,24,34H,1,9H2,2-7H3/b11-10-/t18?,19?,24-,31?/m0/s1. The summed E-state index contributed by atoms with van der Waals surface area (Å²) < 4.78 is 2.62. The molecule has 2 heterocycles. The van der Waals surface area contributed by atoms with Crippen LogP contribution in [0.2, 0.25) is 0 Å². The summed E-state index contributed by atoms with van der Waals surface area (Å²) in [6.07, 6.45) is 15.1. The molecule has 2 aromatic rings. The minimum absolute atomic E-state index is 0.00924. The molecule has 182 valence electrons. The fourth-order valence-electron chi connectivity index (χ4n) is 6.23. The molecular weight excluding hydrogens is 559 g/mol. The highest BCUT2D eigenvalue weighted by atomic mass is 127. The molecule has 3 unspecified atom stereocenters. The first-order chi connectivity index (χ1) is 16.6. The smallest absolute Gasteiger partial charge is 0.0818 e. The van der Waals surface area contributed by atoms with Crippen molar-refractivity contribution in [3.05, 3.63) is 92.2 Å². The van der Waals surface area contributed by atoms with Crippen molar-refractivity contribution in [3.8, 4) is 0 Å². The van der Waals surface area contributed by atoms with E-state index in [4.69, 9.17) is 0 Å². The van der Waals surface area contributed by atoms with E-state index in [0.717, 1.165) is 11.9 Å². The van der Waals surface area contributed by atoms with Crippen LogP contribution >= 0.6 is 33.9 Å². The molecule has 4 atom stereocenters. The van der Waals surface area contributed by atoms with Gasteiger partial charge in [0.05, 0.1) is 25.0 Å². The highest BCUT2D eigenvalue weighted by Gasteiger charge is 2.43. The van der Waals surface area contributed by atoms with Gasteiger partial charge in [-0.05, 0) is 88.6 Å². The lowest BCUT2D eigenvalue weighted by atomic mass is 9.73. The topological polar surface area (TPSA) is 24.9 Å². The number of benzene rings is 1. The number of aromatic nitrogens is 1. The molecule has 2 aliphatic carbocycles. The minimum atomic E-state index is -0.0391. The predicted molar refractivity (Wildman–Crippen MR) is 161 cm³/mol. The third-order valence-electron chi connectivity index (χ3n) is 8.35. The van der Waals surface area contributed by atoms with E-state index >= 15 is 0 Å². The van der Waals surface area contributed by atoms with Gasteiger partial charge < -0.3 is 5.32 Å². The molecule has 0 bridgehead atoms. The number of allylic oxidation sites excluding steroid dienone is 7.